The van der Waals surface area contributed by atoms with Gasteiger partial charge in [-0.25, -0.2) is 5.43 Å². The third-order valence-electron chi connectivity index (χ3n) is 3.31. The van der Waals surface area contributed by atoms with Crippen LogP contribution in [0.2, 0.25) is 0 Å². The number of amides is 1. The van der Waals surface area contributed by atoms with E-state index in [0.717, 1.165) is 16.5 Å². The predicted octanol–water partition coefficient (Wildman–Crippen LogP) is 2.84. The zero-order valence-corrected chi connectivity index (χ0v) is 11.9. The van der Waals surface area contributed by atoms with Gasteiger partial charge in [0.2, 0.25) is 0 Å². The standard InChI is InChI=1S/C16H12N4O3/c21-16(11-4-3-5-13(8-11)20(22)23)19-18-10-12-9-17-15-7-2-1-6-14(12)15/h1-10,17H,(H,19,21)/b18-10+. The fraction of sp³-hybridized carbons (Fsp3) is 0. The normalized spacial score (nSPS) is 11.0. The zero-order chi connectivity index (χ0) is 16.2. The van der Waals surface area contributed by atoms with Crippen LogP contribution in [0, 0.1) is 10.1 Å². The highest BCUT2D eigenvalue weighted by molar-refractivity contribution is 6.00. The van der Waals surface area contributed by atoms with Crippen LogP contribution < -0.4 is 5.43 Å². The number of para-hydroxylation sites is 1. The van der Waals surface area contributed by atoms with Crippen LogP contribution in [-0.4, -0.2) is 22.0 Å². The van der Waals surface area contributed by atoms with Crippen LogP contribution in [0.5, 0.6) is 0 Å². The Labute approximate surface area is 130 Å². The third-order valence-corrected chi connectivity index (χ3v) is 3.31. The van der Waals surface area contributed by atoms with Crippen molar-refractivity contribution in [3.63, 3.8) is 0 Å². The highest BCUT2D eigenvalue weighted by atomic mass is 16.6. The summed E-state index contributed by atoms with van der Waals surface area (Å²) < 4.78 is 0. The lowest BCUT2D eigenvalue weighted by Gasteiger charge is -1.99. The summed E-state index contributed by atoms with van der Waals surface area (Å²) in [5.74, 6) is -0.509. The Morgan fingerprint density at radius 2 is 2.04 bits per heavy atom. The molecule has 3 aromatic rings. The maximum absolute atomic E-state index is 12.0. The predicted molar refractivity (Wildman–Crippen MR) is 86.5 cm³/mol. The molecule has 1 aromatic heterocycles. The number of nitro benzene ring substituents is 1. The van der Waals surface area contributed by atoms with E-state index in [4.69, 9.17) is 0 Å². The Balaban J connectivity index is 1.74. The smallest absolute Gasteiger partial charge is 0.271 e. The molecule has 0 atom stereocenters. The number of hydrazone groups is 1. The molecular formula is C16H12N4O3. The van der Waals surface area contributed by atoms with Crippen molar-refractivity contribution in [1.82, 2.24) is 10.4 Å². The summed E-state index contributed by atoms with van der Waals surface area (Å²) in [5, 5.41) is 15.6. The molecule has 0 aliphatic heterocycles. The molecule has 3 rings (SSSR count). The zero-order valence-electron chi connectivity index (χ0n) is 11.9. The van der Waals surface area contributed by atoms with Gasteiger partial charge in [-0.05, 0) is 12.1 Å². The van der Waals surface area contributed by atoms with Gasteiger partial charge in [0.25, 0.3) is 11.6 Å². The van der Waals surface area contributed by atoms with Crippen molar-refractivity contribution in [2.24, 2.45) is 5.10 Å². The minimum absolute atomic E-state index is 0.141. The van der Waals surface area contributed by atoms with Crippen LogP contribution in [0.3, 0.4) is 0 Å². The van der Waals surface area contributed by atoms with E-state index in [1.54, 1.807) is 6.20 Å². The first-order valence-corrected chi connectivity index (χ1v) is 6.79. The minimum atomic E-state index is -0.550. The van der Waals surface area contributed by atoms with Crippen LogP contribution in [-0.2, 0) is 0 Å². The number of non-ortho nitro benzene ring substituents is 1. The first kappa shape index (κ1) is 14.5. The number of nitro groups is 1. The fourth-order valence-corrected chi connectivity index (χ4v) is 2.19. The molecule has 1 heterocycles. The molecule has 1 amide bonds. The van der Waals surface area contributed by atoms with Crippen molar-refractivity contribution in [3.8, 4) is 0 Å². The SMILES string of the molecule is O=C(N/N=C/c1c[nH]c2ccccc12)c1cccc([N+](=O)[O-])c1. The van der Waals surface area contributed by atoms with E-state index >= 15 is 0 Å². The molecule has 2 aromatic carbocycles. The molecule has 7 heteroatoms. The summed E-state index contributed by atoms with van der Waals surface area (Å²) in [5.41, 5.74) is 4.20. The Morgan fingerprint density at radius 3 is 2.87 bits per heavy atom. The first-order chi connectivity index (χ1) is 11.1. The largest absolute Gasteiger partial charge is 0.361 e. The summed E-state index contributed by atoms with van der Waals surface area (Å²) in [4.78, 5) is 25.2. The van der Waals surface area contributed by atoms with Crippen molar-refractivity contribution in [2.45, 2.75) is 0 Å². The van der Waals surface area contributed by atoms with Gasteiger partial charge in [0.15, 0.2) is 0 Å². The van der Waals surface area contributed by atoms with Crippen LogP contribution >= 0.6 is 0 Å². The molecule has 0 bridgehead atoms. The van der Waals surface area contributed by atoms with Gasteiger partial charge >= 0.3 is 0 Å². The van der Waals surface area contributed by atoms with Crippen molar-refractivity contribution in [1.29, 1.82) is 0 Å². The number of benzene rings is 2. The van der Waals surface area contributed by atoms with Crippen LogP contribution in [0.4, 0.5) is 5.69 Å². The van der Waals surface area contributed by atoms with Gasteiger partial charge in [-0.1, -0.05) is 24.3 Å². The monoisotopic (exact) mass is 308 g/mol. The first-order valence-electron chi connectivity index (χ1n) is 6.79. The Bertz CT molecular complexity index is 914. The van der Waals surface area contributed by atoms with Crippen molar-refractivity contribution in [2.75, 3.05) is 0 Å². The summed E-state index contributed by atoms with van der Waals surface area (Å²) >= 11 is 0. The van der Waals surface area contributed by atoms with Gasteiger partial charge in [-0.2, -0.15) is 5.10 Å². The van der Waals surface area contributed by atoms with Crippen LogP contribution in [0.25, 0.3) is 10.9 Å². The summed E-state index contributed by atoms with van der Waals surface area (Å²) in [6.45, 7) is 0. The number of fused-ring (bicyclic) bond motifs is 1. The molecule has 114 valence electrons. The van der Waals surface area contributed by atoms with Gasteiger partial charge < -0.3 is 4.98 Å². The van der Waals surface area contributed by atoms with E-state index in [9.17, 15) is 14.9 Å². The second-order valence-corrected chi connectivity index (χ2v) is 4.80. The van der Waals surface area contributed by atoms with Gasteiger partial charge in [0.1, 0.15) is 0 Å². The van der Waals surface area contributed by atoms with Crippen molar-refractivity contribution >= 4 is 28.7 Å². The summed E-state index contributed by atoms with van der Waals surface area (Å²) in [7, 11) is 0. The van der Waals surface area contributed by atoms with E-state index in [1.165, 1.54) is 30.5 Å². The number of carbonyl (C=O) groups excluding carboxylic acids is 1. The average molecular weight is 308 g/mol. The highest BCUT2D eigenvalue weighted by Gasteiger charge is 2.10. The number of nitrogens with one attached hydrogen (secondary N) is 2. The molecule has 0 spiro atoms. The van der Waals surface area contributed by atoms with Crippen molar-refractivity contribution < 1.29 is 9.72 Å². The second-order valence-electron chi connectivity index (χ2n) is 4.80. The second kappa shape index (κ2) is 6.10. The molecule has 0 saturated heterocycles. The molecule has 0 aliphatic carbocycles. The minimum Gasteiger partial charge on any atom is -0.361 e. The number of aromatic amines is 1. The van der Waals surface area contributed by atoms with Gasteiger partial charge in [-0.15, -0.1) is 0 Å². The Kier molecular flexibility index (Phi) is 3.84. The number of aromatic nitrogens is 1. The molecule has 0 fully saturated rings. The molecule has 0 radical (unpaired) electrons. The third kappa shape index (κ3) is 3.08. The van der Waals surface area contributed by atoms with E-state index < -0.39 is 10.8 Å². The van der Waals surface area contributed by atoms with E-state index in [2.05, 4.69) is 15.5 Å². The summed E-state index contributed by atoms with van der Waals surface area (Å²) in [6.07, 6.45) is 3.31. The number of nitrogens with zero attached hydrogens (tertiary/aromatic N) is 2. The number of rotatable bonds is 4. The Hall–Kier alpha value is -3.48. The van der Waals surface area contributed by atoms with Crippen LogP contribution in [0.1, 0.15) is 15.9 Å². The molecule has 2 N–H and O–H groups in total. The average Bonchev–Trinajstić information content (AvgIpc) is 2.98. The molecular weight excluding hydrogens is 296 g/mol. The summed E-state index contributed by atoms with van der Waals surface area (Å²) in [6, 6.07) is 13.2. The molecule has 0 aliphatic rings. The number of hydrogen-bond acceptors (Lipinski definition) is 4. The van der Waals surface area contributed by atoms with Gasteiger partial charge in [-0.3, -0.25) is 14.9 Å². The molecule has 23 heavy (non-hydrogen) atoms. The fourth-order valence-electron chi connectivity index (χ4n) is 2.19. The molecule has 7 nitrogen and oxygen atoms in total. The maximum atomic E-state index is 12.0. The number of carbonyl (C=O) groups is 1. The lowest BCUT2D eigenvalue weighted by atomic mass is 10.2. The van der Waals surface area contributed by atoms with E-state index in [0.29, 0.717) is 0 Å². The lowest BCUT2D eigenvalue weighted by Crippen LogP contribution is -2.17. The van der Waals surface area contributed by atoms with Gasteiger partial charge in [0.05, 0.1) is 11.1 Å². The lowest BCUT2D eigenvalue weighted by molar-refractivity contribution is -0.384. The van der Waals surface area contributed by atoms with Crippen LogP contribution in [0.15, 0.2) is 59.8 Å². The van der Waals surface area contributed by atoms with Gasteiger partial charge in [0, 0.05) is 40.4 Å². The number of H-pyrrole nitrogens is 1. The topological polar surface area (TPSA) is 100 Å². The number of hydrogen-bond donors (Lipinski definition) is 2. The maximum Gasteiger partial charge on any atom is 0.271 e. The molecule has 0 saturated carbocycles. The van der Waals surface area contributed by atoms with Crippen molar-refractivity contribution in [3.05, 3.63) is 76.0 Å². The quantitative estimate of drug-likeness (QED) is 0.440. The highest BCUT2D eigenvalue weighted by Crippen LogP contribution is 2.16. The van der Waals surface area contributed by atoms with E-state index in [-0.39, 0.29) is 11.3 Å². The Morgan fingerprint density at radius 1 is 1.22 bits per heavy atom. The molecule has 0 unspecified atom stereocenters. The van der Waals surface area contributed by atoms with E-state index in [1.807, 2.05) is 24.3 Å².